The second kappa shape index (κ2) is 6.70. The molecule has 2 aromatic carbocycles. The Kier molecular flexibility index (Phi) is 4.72. The molecule has 2 rings (SSSR count). The van der Waals surface area contributed by atoms with Crippen molar-refractivity contribution >= 4 is 17.6 Å². The molecule has 0 bridgehead atoms. The lowest BCUT2D eigenvalue weighted by atomic mass is 10.1. The van der Waals surface area contributed by atoms with E-state index in [1.807, 2.05) is 37.3 Å². The number of carbonyl (C=O) groups is 2. The molecule has 0 spiro atoms. The number of hydrogen-bond acceptors (Lipinski definition) is 3. The summed E-state index contributed by atoms with van der Waals surface area (Å²) in [5, 5.41) is 2.83. The molecule has 0 unspecified atom stereocenters. The van der Waals surface area contributed by atoms with Gasteiger partial charge in [-0.25, -0.2) is 4.79 Å². The highest BCUT2D eigenvalue weighted by Gasteiger charge is 2.10. The van der Waals surface area contributed by atoms with Gasteiger partial charge in [0.2, 0.25) is 5.91 Å². The molecule has 21 heavy (non-hydrogen) atoms. The van der Waals surface area contributed by atoms with Crippen molar-refractivity contribution < 1.29 is 14.3 Å². The van der Waals surface area contributed by atoms with Crippen LogP contribution in [0.4, 0.5) is 5.69 Å². The van der Waals surface area contributed by atoms with E-state index in [0.29, 0.717) is 17.7 Å². The Hall–Kier alpha value is -2.62. The summed E-state index contributed by atoms with van der Waals surface area (Å²) in [6.07, 6.45) is 0.294. The summed E-state index contributed by atoms with van der Waals surface area (Å²) in [5.74, 6) is -0.542. The molecule has 0 saturated heterocycles. The molecule has 0 saturated carbocycles. The standard InChI is InChI=1S/C17H17NO3/c1-12-8-9-14(17(20)21-2)11-15(12)18-16(19)10-13-6-4-3-5-7-13/h3-9,11H,10H2,1-2H3,(H,18,19). The van der Waals surface area contributed by atoms with Crippen LogP contribution in [-0.4, -0.2) is 19.0 Å². The van der Waals surface area contributed by atoms with Gasteiger partial charge in [0.1, 0.15) is 0 Å². The molecular formula is C17H17NO3. The Morgan fingerprint density at radius 1 is 1.10 bits per heavy atom. The minimum Gasteiger partial charge on any atom is -0.465 e. The third-order valence-corrected chi connectivity index (χ3v) is 3.14. The first-order valence-corrected chi connectivity index (χ1v) is 6.63. The SMILES string of the molecule is COC(=O)c1ccc(C)c(NC(=O)Cc2ccccc2)c1. The fourth-order valence-electron chi connectivity index (χ4n) is 1.98. The molecule has 0 radical (unpaired) electrons. The largest absolute Gasteiger partial charge is 0.465 e. The number of anilines is 1. The lowest BCUT2D eigenvalue weighted by molar-refractivity contribution is -0.115. The molecule has 2 aromatic rings. The Labute approximate surface area is 123 Å². The van der Waals surface area contributed by atoms with Crippen LogP contribution in [0.25, 0.3) is 0 Å². The van der Waals surface area contributed by atoms with Crippen molar-refractivity contribution in [1.82, 2.24) is 0 Å². The quantitative estimate of drug-likeness (QED) is 0.878. The van der Waals surface area contributed by atoms with E-state index in [-0.39, 0.29) is 5.91 Å². The highest BCUT2D eigenvalue weighted by atomic mass is 16.5. The average Bonchev–Trinajstić information content (AvgIpc) is 2.49. The first-order chi connectivity index (χ1) is 10.1. The predicted molar refractivity (Wildman–Crippen MR) is 81.3 cm³/mol. The number of esters is 1. The van der Waals surface area contributed by atoms with Crippen LogP contribution in [-0.2, 0) is 16.0 Å². The number of benzene rings is 2. The van der Waals surface area contributed by atoms with Crippen LogP contribution in [0.2, 0.25) is 0 Å². The molecule has 1 amide bonds. The summed E-state index contributed by atoms with van der Waals surface area (Å²) in [6.45, 7) is 1.87. The molecule has 108 valence electrons. The van der Waals surface area contributed by atoms with Gasteiger partial charge in [0, 0.05) is 5.69 Å². The van der Waals surface area contributed by atoms with E-state index in [2.05, 4.69) is 10.1 Å². The molecule has 1 N–H and O–H groups in total. The monoisotopic (exact) mass is 283 g/mol. The lowest BCUT2D eigenvalue weighted by Crippen LogP contribution is -2.15. The van der Waals surface area contributed by atoms with Gasteiger partial charge in [0.15, 0.2) is 0 Å². The third-order valence-electron chi connectivity index (χ3n) is 3.14. The fraction of sp³-hybridized carbons (Fsp3) is 0.176. The van der Waals surface area contributed by atoms with E-state index in [4.69, 9.17) is 0 Å². The number of carbonyl (C=O) groups excluding carboxylic acids is 2. The first-order valence-electron chi connectivity index (χ1n) is 6.63. The number of ether oxygens (including phenoxy) is 1. The van der Waals surface area contributed by atoms with Gasteiger partial charge in [0.05, 0.1) is 19.1 Å². The topological polar surface area (TPSA) is 55.4 Å². The molecule has 0 heterocycles. The summed E-state index contributed by atoms with van der Waals surface area (Å²) in [4.78, 5) is 23.6. The van der Waals surface area contributed by atoms with Crippen LogP contribution < -0.4 is 5.32 Å². The van der Waals surface area contributed by atoms with Crippen molar-refractivity contribution in [2.24, 2.45) is 0 Å². The number of rotatable bonds is 4. The Morgan fingerprint density at radius 3 is 2.48 bits per heavy atom. The van der Waals surface area contributed by atoms with E-state index in [1.165, 1.54) is 7.11 Å². The van der Waals surface area contributed by atoms with Crippen molar-refractivity contribution in [1.29, 1.82) is 0 Å². The van der Waals surface area contributed by atoms with E-state index in [0.717, 1.165) is 11.1 Å². The molecule has 0 aliphatic heterocycles. The fourth-order valence-corrected chi connectivity index (χ4v) is 1.98. The second-order valence-corrected chi connectivity index (χ2v) is 4.73. The molecule has 0 atom stereocenters. The van der Waals surface area contributed by atoms with Gasteiger partial charge in [-0.3, -0.25) is 4.79 Å². The lowest BCUT2D eigenvalue weighted by Gasteiger charge is -2.10. The maximum Gasteiger partial charge on any atom is 0.337 e. The van der Waals surface area contributed by atoms with Crippen molar-refractivity contribution in [3.63, 3.8) is 0 Å². The molecule has 4 nitrogen and oxygen atoms in total. The predicted octanol–water partition coefficient (Wildman–Crippen LogP) is 2.96. The second-order valence-electron chi connectivity index (χ2n) is 4.73. The van der Waals surface area contributed by atoms with E-state index in [1.54, 1.807) is 18.2 Å². The van der Waals surface area contributed by atoms with Crippen LogP contribution in [0, 0.1) is 6.92 Å². The minimum atomic E-state index is -0.423. The first kappa shape index (κ1) is 14.8. The Balaban J connectivity index is 2.11. The third kappa shape index (κ3) is 3.92. The normalized spacial score (nSPS) is 10.0. The molecular weight excluding hydrogens is 266 g/mol. The smallest absolute Gasteiger partial charge is 0.337 e. The number of aryl methyl sites for hydroxylation is 1. The molecule has 0 fully saturated rings. The van der Waals surface area contributed by atoms with Crippen molar-refractivity contribution in [3.05, 3.63) is 65.2 Å². The van der Waals surface area contributed by atoms with Gasteiger partial charge in [-0.05, 0) is 30.2 Å². The molecule has 0 aromatic heterocycles. The number of nitrogens with one attached hydrogen (secondary N) is 1. The van der Waals surface area contributed by atoms with Gasteiger partial charge < -0.3 is 10.1 Å². The maximum atomic E-state index is 12.1. The zero-order valence-electron chi connectivity index (χ0n) is 12.1. The summed E-state index contributed by atoms with van der Waals surface area (Å²) in [6, 6.07) is 14.6. The van der Waals surface area contributed by atoms with Crippen LogP contribution in [0.15, 0.2) is 48.5 Å². The van der Waals surface area contributed by atoms with E-state index < -0.39 is 5.97 Å². The maximum absolute atomic E-state index is 12.1. The Bertz CT molecular complexity index is 650. The van der Waals surface area contributed by atoms with Gasteiger partial charge in [-0.1, -0.05) is 36.4 Å². The average molecular weight is 283 g/mol. The van der Waals surface area contributed by atoms with Crippen molar-refractivity contribution in [2.75, 3.05) is 12.4 Å². The van der Waals surface area contributed by atoms with Crippen LogP contribution >= 0.6 is 0 Å². The minimum absolute atomic E-state index is 0.119. The molecule has 4 heteroatoms. The van der Waals surface area contributed by atoms with Crippen molar-refractivity contribution in [2.45, 2.75) is 13.3 Å². The number of methoxy groups -OCH3 is 1. The van der Waals surface area contributed by atoms with Gasteiger partial charge in [-0.15, -0.1) is 0 Å². The van der Waals surface area contributed by atoms with Crippen LogP contribution in [0.5, 0.6) is 0 Å². The zero-order valence-corrected chi connectivity index (χ0v) is 12.1. The van der Waals surface area contributed by atoms with E-state index >= 15 is 0 Å². The van der Waals surface area contributed by atoms with Gasteiger partial charge in [0.25, 0.3) is 0 Å². The Morgan fingerprint density at radius 2 is 1.81 bits per heavy atom. The summed E-state index contributed by atoms with van der Waals surface area (Å²) in [5.41, 5.74) is 2.87. The van der Waals surface area contributed by atoms with Gasteiger partial charge >= 0.3 is 5.97 Å². The zero-order chi connectivity index (χ0) is 15.2. The summed E-state index contributed by atoms with van der Waals surface area (Å²) >= 11 is 0. The number of amides is 1. The molecule has 0 aliphatic rings. The van der Waals surface area contributed by atoms with E-state index in [9.17, 15) is 9.59 Å². The highest BCUT2D eigenvalue weighted by Crippen LogP contribution is 2.18. The van der Waals surface area contributed by atoms with Crippen LogP contribution in [0.3, 0.4) is 0 Å². The van der Waals surface area contributed by atoms with Crippen LogP contribution in [0.1, 0.15) is 21.5 Å². The summed E-state index contributed by atoms with van der Waals surface area (Å²) < 4.78 is 4.68. The number of hydrogen-bond donors (Lipinski definition) is 1. The highest BCUT2D eigenvalue weighted by molar-refractivity contribution is 5.96. The summed E-state index contributed by atoms with van der Waals surface area (Å²) in [7, 11) is 1.33. The van der Waals surface area contributed by atoms with Gasteiger partial charge in [-0.2, -0.15) is 0 Å². The van der Waals surface area contributed by atoms with Crippen molar-refractivity contribution in [3.8, 4) is 0 Å². The molecule has 0 aliphatic carbocycles.